The van der Waals surface area contributed by atoms with Gasteiger partial charge in [0.05, 0.1) is 12.8 Å². The summed E-state index contributed by atoms with van der Waals surface area (Å²) in [5.41, 5.74) is 1.30. The van der Waals surface area contributed by atoms with Gasteiger partial charge in [-0.05, 0) is 36.4 Å². The van der Waals surface area contributed by atoms with Gasteiger partial charge in [0.2, 0.25) is 0 Å². The first kappa shape index (κ1) is 17.2. The zero-order chi connectivity index (χ0) is 18.8. The zero-order valence-electron chi connectivity index (χ0n) is 14.3. The Morgan fingerprint density at radius 3 is 2.74 bits per heavy atom. The smallest absolute Gasteiger partial charge is 0.277 e. The van der Waals surface area contributed by atoms with Crippen molar-refractivity contribution in [2.24, 2.45) is 0 Å². The number of aromatic nitrogens is 1. The van der Waals surface area contributed by atoms with Crippen molar-refractivity contribution < 1.29 is 23.5 Å². The quantitative estimate of drug-likeness (QED) is 0.729. The van der Waals surface area contributed by atoms with E-state index in [1.165, 1.54) is 7.11 Å². The Morgan fingerprint density at radius 1 is 1.11 bits per heavy atom. The fourth-order valence-corrected chi connectivity index (χ4v) is 2.85. The minimum absolute atomic E-state index is 0.127. The van der Waals surface area contributed by atoms with Gasteiger partial charge < -0.3 is 24.1 Å². The van der Waals surface area contributed by atoms with E-state index in [-0.39, 0.29) is 5.69 Å². The number of rotatable bonds is 4. The van der Waals surface area contributed by atoms with Gasteiger partial charge in [0.15, 0.2) is 23.0 Å². The van der Waals surface area contributed by atoms with Crippen molar-refractivity contribution in [2.75, 3.05) is 25.6 Å². The third-order valence-corrected chi connectivity index (χ3v) is 4.21. The second-order valence-corrected chi connectivity index (χ2v) is 6.17. The highest BCUT2D eigenvalue weighted by molar-refractivity contribution is 6.31. The second kappa shape index (κ2) is 7.20. The molecule has 7 nitrogen and oxygen atoms in total. The highest BCUT2D eigenvalue weighted by atomic mass is 35.5. The molecular formula is C19H15ClN2O5. The van der Waals surface area contributed by atoms with Gasteiger partial charge in [0.1, 0.15) is 19.0 Å². The number of hydrogen-bond donors (Lipinski definition) is 1. The Morgan fingerprint density at radius 2 is 1.93 bits per heavy atom. The van der Waals surface area contributed by atoms with Gasteiger partial charge in [-0.2, -0.15) is 0 Å². The van der Waals surface area contributed by atoms with Gasteiger partial charge in [-0.25, -0.2) is 0 Å². The van der Waals surface area contributed by atoms with Crippen LogP contribution in [0, 0.1) is 0 Å². The van der Waals surface area contributed by atoms with Crippen molar-refractivity contribution >= 4 is 23.2 Å². The molecule has 0 aliphatic carbocycles. The van der Waals surface area contributed by atoms with Gasteiger partial charge in [0, 0.05) is 16.7 Å². The summed E-state index contributed by atoms with van der Waals surface area (Å²) in [6.07, 6.45) is 0. The molecular weight excluding hydrogens is 372 g/mol. The molecule has 2 heterocycles. The number of fused-ring (bicyclic) bond motifs is 1. The number of carbonyl (C=O) groups excluding carboxylic acids is 1. The molecule has 0 unspecified atom stereocenters. The number of methoxy groups -OCH3 is 1. The number of benzene rings is 2. The summed E-state index contributed by atoms with van der Waals surface area (Å²) in [5.74, 6) is 1.79. The lowest BCUT2D eigenvalue weighted by Gasteiger charge is -2.18. The molecule has 4 rings (SSSR count). The maximum absolute atomic E-state index is 12.5. The SMILES string of the molecule is COc1ccc(Cl)cc1NC(=O)c1cc(-c2ccc3c(c2)OCCO3)on1. The van der Waals surface area contributed by atoms with Crippen LogP contribution in [0.1, 0.15) is 10.5 Å². The van der Waals surface area contributed by atoms with Crippen LogP contribution in [-0.2, 0) is 0 Å². The van der Waals surface area contributed by atoms with Crippen LogP contribution in [0.25, 0.3) is 11.3 Å². The lowest BCUT2D eigenvalue weighted by Crippen LogP contribution is -2.15. The van der Waals surface area contributed by atoms with E-state index >= 15 is 0 Å². The van der Waals surface area contributed by atoms with E-state index < -0.39 is 5.91 Å². The first-order valence-corrected chi connectivity index (χ1v) is 8.53. The number of amides is 1. The molecule has 0 fully saturated rings. The van der Waals surface area contributed by atoms with Crippen molar-refractivity contribution in [3.05, 3.63) is 53.2 Å². The monoisotopic (exact) mass is 386 g/mol. The lowest BCUT2D eigenvalue weighted by atomic mass is 10.1. The van der Waals surface area contributed by atoms with Crippen LogP contribution in [0.15, 0.2) is 47.0 Å². The Balaban J connectivity index is 1.56. The van der Waals surface area contributed by atoms with Crippen LogP contribution in [0.5, 0.6) is 17.2 Å². The molecule has 1 amide bonds. The Labute approximate surface area is 159 Å². The van der Waals surface area contributed by atoms with Gasteiger partial charge in [-0.15, -0.1) is 0 Å². The van der Waals surface area contributed by atoms with Crippen molar-refractivity contribution in [3.8, 4) is 28.6 Å². The minimum atomic E-state index is -0.442. The summed E-state index contributed by atoms with van der Waals surface area (Å²) in [7, 11) is 1.51. The van der Waals surface area contributed by atoms with E-state index in [0.29, 0.717) is 46.9 Å². The molecule has 2 aromatic carbocycles. The number of nitrogens with zero attached hydrogens (tertiary/aromatic N) is 1. The van der Waals surface area contributed by atoms with Gasteiger partial charge in [-0.3, -0.25) is 4.79 Å². The van der Waals surface area contributed by atoms with Crippen LogP contribution in [-0.4, -0.2) is 31.4 Å². The molecule has 0 saturated heterocycles. The van der Waals surface area contributed by atoms with Gasteiger partial charge >= 0.3 is 0 Å². The zero-order valence-corrected chi connectivity index (χ0v) is 15.1. The van der Waals surface area contributed by atoms with E-state index in [2.05, 4.69) is 10.5 Å². The summed E-state index contributed by atoms with van der Waals surface area (Å²) >= 11 is 5.98. The number of ether oxygens (including phenoxy) is 3. The Hall–Kier alpha value is -3.19. The number of nitrogens with one attached hydrogen (secondary N) is 1. The molecule has 8 heteroatoms. The standard InChI is InChI=1S/C19H15ClN2O5/c1-24-15-5-3-12(20)9-13(15)21-19(23)14-10-17(27-22-14)11-2-4-16-18(8-11)26-7-6-25-16/h2-5,8-10H,6-7H2,1H3,(H,21,23). The fraction of sp³-hybridized carbons (Fsp3) is 0.158. The molecule has 0 bridgehead atoms. The molecule has 27 heavy (non-hydrogen) atoms. The van der Waals surface area contributed by atoms with Crippen LogP contribution in [0.4, 0.5) is 5.69 Å². The average Bonchev–Trinajstić information content (AvgIpc) is 3.18. The third kappa shape index (κ3) is 3.54. The predicted octanol–water partition coefficient (Wildman–Crippen LogP) is 4.03. The summed E-state index contributed by atoms with van der Waals surface area (Å²) in [4.78, 5) is 12.5. The average molecular weight is 387 g/mol. The highest BCUT2D eigenvalue weighted by Crippen LogP contribution is 2.35. The maximum Gasteiger partial charge on any atom is 0.277 e. The van der Waals surface area contributed by atoms with E-state index in [1.807, 2.05) is 6.07 Å². The summed E-state index contributed by atoms with van der Waals surface area (Å²) in [6, 6.07) is 11.9. The Bertz CT molecular complexity index is 1000. The van der Waals surface area contributed by atoms with Crippen molar-refractivity contribution in [3.63, 3.8) is 0 Å². The summed E-state index contributed by atoms with van der Waals surface area (Å²) in [5, 5.41) is 7.04. The maximum atomic E-state index is 12.5. The van der Waals surface area contributed by atoms with Crippen LogP contribution < -0.4 is 19.5 Å². The molecule has 0 saturated carbocycles. The molecule has 1 N–H and O–H groups in total. The second-order valence-electron chi connectivity index (χ2n) is 5.73. The molecule has 3 aromatic rings. The normalized spacial score (nSPS) is 12.5. The third-order valence-electron chi connectivity index (χ3n) is 3.98. The number of anilines is 1. The van der Waals surface area contributed by atoms with Crippen LogP contribution in [0.2, 0.25) is 5.02 Å². The van der Waals surface area contributed by atoms with E-state index in [0.717, 1.165) is 5.56 Å². The first-order chi connectivity index (χ1) is 13.1. The molecule has 0 atom stereocenters. The Kier molecular flexibility index (Phi) is 4.60. The molecule has 1 aromatic heterocycles. The number of carbonyl (C=O) groups is 1. The lowest BCUT2D eigenvalue weighted by molar-refractivity contribution is 0.101. The largest absolute Gasteiger partial charge is 0.495 e. The molecule has 0 radical (unpaired) electrons. The molecule has 1 aliphatic rings. The highest BCUT2D eigenvalue weighted by Gasteiger charge is 2.18. The van der Waals surface area contributed by atoms with Crippen LogP contribution >= 0.6 is 11.6 Å². The molecule has 1 aliphatic heterocycles. The number of halogens is 1. The molecule has 138 valence electrons. The van der Waals surface area contributed by atoms with E-state index in [9.17, 15) is 4.79 Å². The van der Waals surface area contributed by atoms with Crippen molar-refractivity contribution in [2.45, 2.75) is 0 Å². The fourth-order valence-electron chi connectivity index (χ4n) is 2.68. The topological polar surface area (TPSA) is 82.8 Å². The van der Waals surface area contributed by atoms with Gasteiger partial charge in [0.25, 0.3) is 5.91 Å². The van der Waals surface area contributed by atoms with E-state index in [4.69, 9.17) is 30.3 Å². The van der Waals surface area contributed by atoms with Crippen molar-refractivity contribution in [1.82, 2.24) is 5.16 Å². The van der Waals surface area contributed by atoms with Crippen molar-refractivity contribution in [1.29, 1.82) is 0 Å². The first-order valence-electron chi connectivity index (χ1n) is 8.15. The predicted molar refractivity (Wildman–Crippen MR) is 98.9 cm³/mol. The number of hydrogen-bond acceptors (Lipinski definition) is 6. The van der Waals surface area contributed by atoms with Crippen LogP contribution in [0.3, 0.4) is 0 Å². The molecule has 0 spiro atoms. The van der Waals surface area contributed by atoms with Gasteiger partial charge in [-0.1, -0.05) is 16.8 Å². The van der Waals surface area contributed by atoms with E-state index in [1.54, 1.807) is 36.4 Å². The summed E-state index contributed by atoms with van der Waals surface area (Å²) in [6.45, 7) is 1.01. The summed E-state index contributed by atoms with van der Waals surface area (Å²) < 4.78 is 21.6. The minimum Gasteiger partial charge on any atom is -0.495 e.